The average molecular weight is 177 g/mol. The first-order valence-corrected chi connectivity index (χ1v) is 4.04. The third-order valence-corrected chi connectivity index (χ3v) is 1.64. The zero-order valence-electron chi connectivity index (χ0n) is 8.42. The van der Waals surface area contributed by atoms with Crippen LogP contribution in [0.15, 0.2) is 41.4 Å². The molecule has 0 aliphatic carbocycles. The van der Waals surface area contributed by atoms with Crippen LogP contribution in [0.4, 0.5) is 0 Å². The van der Waals surface area contributed by atoms with Crippen LogP contribution < -0.4 is 0 Å². The highest BCUT2D eigenvalue weighted by Gasteiger charge is 2.13. The van der Waals surface area contributed by atoms with Crippen LogP contribution in [0.2, 0.25) is 0 Å². The van der Waals surface area contributed by atoms with Crippen molar-refractivity contribution in [3.05, 3.63) is 36.5 Å². The maximum absolute atomic E-state index is 11.6. The number of carbonyl (C=O) groups excluding carboxylic acids is 1. The van der Waals surface area contributed by atoms with E-state index < -0.39 is 0 Å². The van der Waals surface area contributed by atoms with Gasteiger partial charge >= 0.3 is 0 Å². The molecule has 0 saturated heterocycles. The monoisotopic (exact) mass is 177 g/mol. The Hall–Kier alpha value is -1.44. The summed E-state index contributed by atoms with van der Waals surface area (Å²) in [7, 11) is 1.58. The number of hydrogen-bond acceptors (Lipinski definition) is 2. The smallest absolute Gasteiger partial charge is 0.210 e. The summed E-state index contributed by atoms with van der Waals surface area (Å²) in [5, 5.41) is 0. The molecule has 0 radical (unpaired) electrons. The van der Waals surface area contributed by atoms with Crippen LogP contribution in [0.3, 0.4) is 0 Å². The molecule has 0 aliphatic rings. The zero-order chi connectivity index (χ0) is 10.4. The van der Waals surface area contributed by atoms with Crippen LogP contribution in [0.1, 0.15) is 13.8 Å². The molecule has 0 bridgehead atoms. The van der Waals surface area contributed by atoms with Crippen molar-refractivity contribution in [3.63, 3.8) is 0 Å². The van der Waals surface area contributed by atoms with E-state index in [-0.39, 0.29) is 5.78 Å². The maximum Gasteiger partial charge on any atom is 0.210 e. The first-order valence-electron chi connectivity index (χ1n) is 4.04. The molecule has 13 heavy (non-hydrogen) atoms. The van der Waals surface area contributed by atoms with Gasteiger partial charge < -0.3 is 0 Å². The van der Waals surface area contributed by atoms with E-state index in [0.29, 0.717) is 16.9 Å². The quantitative estimate of drug-likeness (QED) is 0.368. The molecule has 0 saturated carbocycles. The molecular weight excluding hydrogens is 162 g/mol. The molecule has 0 aromatic rings. The SMILES string of the molecule is C=C/C(=C\C)C(=O)C(=NC)C(=C)C. The van der Waals surface area contributed by atoms with Gasteiger partial charge in [0.1, 0.15) is 5.71 Å². The molecule has 2 heteroatoms. The molecule has 0 heterocycles. The van der Waals surface area contributed by atoms with Crippen LogP contribution >= 0.6 is 0 Å². The topological polar surface area (TPSA) is 29.4 Å². The lowest BCUT2D eigenvalue weighted by Crippen LogP contribution is -2.16. The third-order valence-electron chi connectivity index (χ3n) is 1.64. The second-order valence-electron chi connectivity index (χ2n) is 2.63. The van der Waals surface area contributed by atoms with E-state index in [0.717, 1.165) is 0 Å². The van der Waals surface area contributed by atoms with Gasteiger partial charge in [0.05, 0.1) is 0 Å². The lowest BCUT2D eigenvalue weighted by Gasteiger charge is -2.03. The molecule has 0 aromatic heterocycles. The van der Waals surface area contributed by atoms with Crippen molar-refractivity contribution in [2.45, 2.75) is 13.8 Å². The molecule has 0 atom stereocenters. The largest absolute Gasteiger partial charge is 0.287 e. The Kier molecular flexibility index (Phi) is 4.67. The Morgan fingerprint density at radius 1 is 1.46 bits per heavy atom. The van der Waals surface area contributed by atoms with Crippen molar-refractivity contribution in [1.82, 2.24) is 0 Å². The van der Waals surface area contributed by atoms with Crippen LogP contribution in [0.25, 0.3) is 0 Å². The summed E-state index contributed by atoms with van der Waals surface area (Å²) < 4.78 is 0. The number of ketones is 1. The maximum atomic E-state index is 11.6. The van der Waals surface area contributed by atoms with Crippen molar-refractivity contribution in [3.8, 4) is 0 Å². The summed E-state index contributed by atoms with van der Waals surface area (Å²) in [5.74, 6) is -0.118. The summed E-state index contributed by atoms with van der Waals surface area (Å²) in [4.78, 5) is 15.5. The minimum atomic E-state index is -0.118. The number of nitrogens with zero attached hydrogens (tertiary/aromatic N) is 1. The predicted octanol–water partition coefficient (Wildman–Crippen LogP) is 2.33. The fourth-order valence-corrected chi connectivity index (χ4v) is 0.965. The van der Waals surface area contributed by atoms with Gasteiger partial charge in [0.25, 0.3) is 0 Å². The molecule has 0 unspecified atom stereocenters. The van der Waals surface area contributed by atoms with Crippen LogP contribution in [0.5, 0.6) is 0 Å². The second-order valence-corrected chi connectivity index (χ2v) is 2.63. The van der Waals surface area contributed by atoms with Crippen LogP contribution in [0, 0.1) is 0 Å². The molecule has 0 spiro atoms. The van der Waals surface area contributed by atoms with Crippen LogP contribution in [-0.2, 0) is 4.79 Å². The molecule has 0 amide bonds. The fourth-order valence-electron chi connectivity index (χ4n) is 0.965. The van der Waals surface area contributed by atoms with Gasteiger partial charge in [-0.1, -0.05) is 25.3 Å². The molecule has 0 aliphatic heterocycles. The van der Waals surface area contributed by atoms with Gasteiger partial charge in [-0.25, -0.2) is 0 Å². The van der Waals surface area contributed by atoms with E-state index >= 15 is 0 Å². The van der Waals surface area contributed by atoms with Gasteiger partial charge in [0.2, 0.25) is 5.78 Å². The predicted molar refractivity (Wildman–Crippen MR) is 57.1 cm³/mol. The number of hydrogen-bond donors (Lipinski definition) is 0. The highest BCUT2D eigenvalue weighted by Crippen LogP contribution is 2.04. The fraction of sp³-hybridized carbons (Fsp3) is 0.273. The lowest BCUT2D eigenvalue weighted by molar-refractivity contribution is -0.109. The van der Waals surface area contributed by atoms with Gasteiger partial charge in [0, 0.05) is 12.6 Å². The number of carbonyl (C=O) groups is 1. The lowest BCUT2D eigenvalue weighted by atomic mass is 10.0. The molecular formula is C11H15NO. The minimum absolute atomic E-state index is 0.118. The number of rotatable bonds is 4. The number of allylic oxidation sites excluding steroid dienone is 4. The summed E-state index contributed by atoms with van der Waals surface area (Å²) in [6, 6.07) is 0. The summed E-state index contributed by atoms with van der Waals surface area (Å²) in [5.41, 5.74) is 1.64. The van der Waals surface area contributed by atoms with E-state index in [1.54, 1.807) is 27.0 Å². The average Bonchev–Trinajstić information content (AvgIpc) is 2.07. The molecule has 0 aromatic carbocycles. The highest BCUT2D eigenvalue weighted by molar-refractivity contribution is 6.51. The molecule has 2 nitrogen and oxygen atoms in total. The van der Waals surface area contributed by atoms with Crippen molar-refractivity contribution in [2.24, 2.45) is 4.99 Å². The first-order chi connectivity index (χ1) is 6.08. The van der Waals surface area contributed by atoms with Crippen molar-refractivity contribution < 1.29 is 4.79 Å². The summed E-state index contributed by atoms with van der Waals surface area (Å²) in [6.07, 6.45) is 3.24. The molecule has 0 fully saturated rings. The van der Waals surface area contributed by atoms with E-state index in [4.69, 9.17) is 0 Å². The van der Waals surface area contributed by atoms with E-state index in [9.17, 15) is 4.79 Å². The van der Waals surface area contributed by atoms with E-state index in [1.165, 1.54) is 6.08 Å². The second kappa shape index (κ2) is 5.25. The van der Waals surface area contributed by atoms with E-state index in [2.05, 4.69) is 18.2 Å². The third kappa shape index (κ3) is 2.82. The first kappa shape index (κ1) is 11.6. The Morgan fingerprint density at radius 3 is 2.23 bits per heavy atom. The summed E-state index contributed by atoms with van der Waals surface area (Å²) >= 11 is 0. The molecule has 0 rings (SSSR count). The Labute approximate surface area is 79.4 Å². The minimum Gasteiger partial charge on any atom is -0.287 e. The molecule has 0 N–H and O–H groups in total. The van der Waals surface area contributed by atoms with Gasteiger partial charge in [-0.2, -0.15) is 0 Å². The van der Waals surface area contributed by atoms with Gasteiger partial charge in [0.15, 0.2) is 0 Å². The Bertz CT molecular complexity index is 295. The standard InChI is InChI=1S/C11H15NO/c1-6-9(7-2)11(13)10(12-5)8(3)4/h6-7H,1,3H2,2,4-5H3/b9-7+,12-10?. The van der Waals surface area contributed by atoms with Crippen molar-refractivity contribution in [2.75, 3.05) is 7.05 Å². The number of aliphatic imine (C=N–C) groups is 1. The summed E-state index contributed by atoms with van der Waals surface area (Å²) in [6.45, 7) is 10.8. The van der Waals surface area contributed by atoms with Crippen molar-refractivity contribution >= 4 is 11.5 Å². The Balaban J connectivity index is 4.98. The van der Waals surface area contributed by atoms with E-state index in [1.807, 2.05) is 0 Å². The normalized spacial score (nSPS) is 12.5. The Morgan fingerprint density at radius 2 is 2.00 bits per heavy atom. The highest BCUT2D eigenvalue weighted by atomic mass is 16.1. The van der Waals surface area contributed by atoms with Gasteiger partial charge in [-0.3, -0.25) is 9.79 Å². The number of Topliss-reactive ketones (excluding diaryl/α,β-unsaturated/α-hetero) is 1. The van der Waals surface area contributed by atoms with Gasteiger partial charge in [-0.05, 0) is 19.4 Å². The van der Waals surface area contributed by atoms with Crippen LogP contribution in [-0.4, -0.2) is 18.5 Å². The molecule has 70 valence electrons. The van der Waals surface area contributed by atoms with Gasteiger partial charge in [-0.15, -0.1) is 0 Å². The zero-order valence-corrected chi connectivity index (χ0v) is 8.42. The van der Waals surface area contributed by atoms with Crippen molar-refractivity contribution in [1.29, 1.82) is 0 Å².